The van der Waals surface area contributed by atoms with Crippen LogP contribution in [0, 0.1) is 0 Å². The molecular weight excluding hydrogens is 340 g/mol. The molecule has 1 aromatic rings. The smallest absolute Gasteiger partial charge is 0.330 e. The molecule has 1 atom stereocenters. The fourth-order valence-electron chi connectivity index (χ4n) is 1.13. The fraction of sp³-hybridized carbons (Fsp3) is 0.556. The van der Waals surface area contributed by atoms with Gasteiger partial charge >= 0.3 is 12.3 Å². The van der Waals surface area contributed by atoms with E-state index in [0.29, 0.717) is 0 Å². The number of halogens is 5. The van der Waals surface area contributed by atoms with Gasteiger partial charge in [-0.2, -0.15) is 8.78 Å². The van der Waals surface area contributed by atoms with Crippen LogP contribution in [-0.2, 0) is 4.74 Å². The Bertz CT molecular complexity index is 377. The summed E-state index contributed by atoms with van der Waals surface area (Å²) in [5.74, 6) is 1.12. The number of nitrogens with two attached hydrogens (primary N) is 1. The van der Waals surface area contributed by atoms with E-state index in [0.717, 1.165) is 9.35 Å². The van der Waals surface area contributed by atoms with Crippen LogP contribution >= 0.6 is 27.3 Å². The van der Waals surface area contributed by atoms with Crippen LogP contribution < -0.4 is 11.3 Å². The molecule has 0 aliphatic carbocycles. The van der Waals surface area contributed by atoms with Crippen molar-refractivity contribution in [1.82, 2.24) is 5.43 Å². The summed E-state index contributed by atoms with van der Waals surface area (Å²) in [6.07, 6.45) is -3.74. The SMILES string of the molecule is NNC(COCC(F)(F)C(F)F)c1sccc1Br. The van der Waals surface area contributed by atoms with Gasteiger partial charge in [0.2, 0.25) is 0 Å². The van der Waals surface area contributed by atoms with Gasteiger partial charge in [0.25, 0.3) is 0 Å². The molecule has 1 heterocycles. The summed E-state index contributed by atoms with van der Waals surface area (Å²) >= 11 is 4.59. The number of hydrogen-bond donors (Lipinski definition) is 2. The van der Waals surface area contributed by atoms with Crippen molar-refractivity contribution in [3.63, 3.8) is 0 Å². The molecule has 0 bridgehead atoms. The van der Waals surface area contributed by atoms with Crippen molar-refractivity contribution in [3.8, 4) is 0 Å². The zero-order chi connectivity index (χ0) is 13.8. The Labute approximate surface area is 113 Å². The molecular formula is C9H11BrF4N2OS. The molecule has 9 heteroatoms. The quantitative estimate of drug-likeness (QED) is 0.451. The summed E-state index contributed by atoms with van der Waals surface area (Å²) in [6.45, 7) is -1.57. The minimum absolute atomic E-state index is 0.224. The predicted octanol–water partition coefficient (Wildman–Crippen LogP) is 2.93. The number of alkyl halides is 4. The summed E-state index contributed by atoms with van der Waals surface area (Å²) in [7, 11) is 0. The molecule has 1 rings (SSSR count). The van der Waals surface area contributed by atoms with Gasteiger partial charge in [-0.15, -0.1) is 11.3 Å². The predicted molar refractivity (Wildman–Crippen MR) is 63.9 cm³/mol. The van der Waals surface area contributed by atoms with Crippen molar-refractivity contribution in [1.29, 1.82) is 0 Å². The highest BCUT2D eigenvalue weighted by molar-refractivity contribution is 9.10. The lowest BCUT2D eigenvalue weighted by molar-refractivity contribution is -0.167. The van der Waals surface area contributed by atoms with E-state index in [2.05, 4.69) is 26.1 Å². The van der Waals surface area contributed by atoms with Gasteiger partial charge in [0.05, 0.1) is 12.6 Å². The molecule has 1 aromatic heterocycles. The zero-order valence-electron chi connectivity index (χ0n) is 9.01. The minimum atomic E-state index is -4.15. The minimum Gasteiger partial charge on any atom is -0.373 e. The topological polar surface area (TPSA) is 47.3 Å². The Hall–Kier alpha value is -0.220. The molecule has 0 saturated heterocycles. The van der Waals surface area contributed by atoms with Gasteiger partial charge in [0.1, 0.15) is 6.61 Å². The maximum absolute atomic E-state index is 12.6. The number of hydrazine groups is 1. The second-order valence-electron chi connectivity index (χ2n) is 3.43. The van der Waals surface area contributed by atoms with Gasteiger partial charge in [-0.25, -0.2) is 14.2 Å². The first-order valence-electron chi connectivity index (χ1n) is 4.81. The van der Waals surface area contributed by atoms with Crippen LogP contribution in [0.15, 0.2) is 15.9 Å². The van der Waals surface area contributed by atoms with E-state index in [1.54, 1.807) is 11.4 Å². The number of ether oxygens (including phenoxy) is 1. The van der Waals surface area contributed by atoms with Gasteiger partial charge in [0, 0.05) is 9.35 Å². The number of thiophene rings is 1. The van der Waals surface area contributed by atoms with Gasteiger partial charge in [0.15, 0.2) is 0 Å². The van der Waals surface area contributed by atoms with Crippen molar-refractivity contribution in [2.75, 3.05) is 13.2 Å². The first-order chi connectivity index (χ1) is 8.38. The van der Waals surface area contributed by atoms with Crippen molar-refractivity contribution in [3.05, 3.63) is 20.8 Å². The molecule has 0 aromatic carbocycles. The molecule has 0 saturated carbocycles. The third kappa shape index (κ3) is 4.16. The molecule has 0 fully saturated rings. The van der Waals surface area contributed by atoms with Gasteiger partial charge in [-0.3, -0.25) is 5.84 Å². The normalized spacial score (nSPS) is 14.2. The number of rotatable bonds is 7. The van der Waals surface area contributed by atoms with Crippen LogP contribution in [0.3, 0.4) is 0 Å². The Morgan fingerprint density at radius 2 is 2.17 bits per heavy atom. The van der Waals surface area contributed by atoms with Crippen molar-refractivity contribution < 1.29 is 22.3 Å². The lowest BCUT2D eigenvalue weighted by Crippen LogP contribution is -2.36. The molecule has 3 N–H and O–H groups in total. The lowest BCUT2D eigenvalue weighted by atomic mass is 10.2. The molecule has 1 unspecified atom stereocenters. The summed E-state index contributed by atoms with van der Waals surface area (Å²) in [6, 6.07) is 1.23. The number of hydrogen-bond acceptors (Lipinski definition) is 4. The maximum Gasteiger partial charge on any atom is 0.330 e. The van der Waals surface area contributed by atoms with Crippen LogP contribution in [0.1, 0.15) is 10.9 Å². The van der Waals surface area contributed by atoms with E-state index in [1.165, 1.54) is 11.3 Å². The van der Waals surface area contributed by atoms with Crippen molar-refractivity contribution in [2.45, 2.75) is 18.4 Å². The molecule has 0 aliphatic rings. The largest absolute Gasteiger partial charge is 0.373 e. The second kappa shape index (κ2) is 6.80. The Morgan fingerprint density at radius 1 is 1.50 bits per heavy atom. The van der Waals surface area contributed by atoms with Gasteiger partial charge in [-0.05, 0) is 27.4 Å². The van der Waals surface area contributed by atoms with E-state index in [1.807, 2.05) is 0 Å². The molecule has 0 amide bonds. The maximum atomic E-state index is 12.6. The summed E-state index contributed by atoms with van der Waals surface area (Å²) in [5.41, 5.74) is 2.38. The van der Waals surface area contributed by atoms with Crippen LogP contribution in [-0.4, -0.2) is 25.6 Å². The molecule has 18 heavy (non-hydrogen) atoms. The van der Waals surface area contributed by atoms with E-state index in [-0.39, 0.29) is 6.61 Å². The van der Waals surface area contributed by atoms with Crippen molar-refractivity contribution >= 4 is 27.3 Å². The summed E-state index contributed by atoms with van der Waals surface area (Å²) < 4.78 is 54.3. The second-order valence-corrected chi connectivity index (χ2v) is 5.23. The van der Waals surface area contributed by atoms with Crippen LogP contribution in [0.4, 0.5) is 17.6 Å². The fourth-order valence-corrected chi connectivity index (χ4v) is 2.82. The third-order valence-electron chi connectivity index (χ3n) is 2.06. The van der Waals surface area contributed by atoms with Crippen LogP contribution in [0.5, 0.6) is 0 Å². The zero-order valence-corrected chi connectivity index (χ0v) is 11.4. The number of nitrogens with one attached hydrogen (secondary N) is 1. The first-order valence-corrected chi connectivity index (χ1v) is 6.48. The van der Waals surface area contributed by atoms with Gasteiger partial charge in [-0.1, -0.05) is 0 Å². The van der Waals surface area contributed by atoms with E-state index in [9.17, 15) is 17.6 Å². The monoisotopic (exact) mass is 350 g/mol. The Balaban J connectivity index is 2.49. The van der Waals surface area contributed by atoms with Crippen LogP contribution in [0.2, 0.25) is 0 Å². The molecule has 0 spiro atoms. The summed E-state index contributed by atoms with van der Waals surface area (Å²) in [4.78, 5) is 0.748. The van der Waals surface area contributed by atoms with E-state index in [4.69, 9.17) is 5.84 Å². The van der Waals surface area contributed by atoms with E-state index >= 15 is 0 Å². The summed E-state index contributed by atoms with van der Waals surface area (Å²) in [5, 5.41) is 1.78. The Morgan fingerprint density at radius 3 is 2.61 bits per heavy atom. The van der Waals surface area contributed by atoms with Gasteiger partial charge < -0.3 is 4.74 Å². The average Bonchev–Trinajstić information content (AvgIpc) is 2.71. The average molecular weight is 351 g/mol. The van der Waals surface area contributed by atoms with E-state index < -0.39 is 25.0 Å². The van der Waals surface area contributed by atoms with Crippen LogP contribution in [0.25, 0.3) is 0 Å². The third-order valence-corrected chi connectivity index (χ3v) is 4.05. The highest BCUT2D eigenvalue weighted by atomic mass is 79.9. The lowest BCUT2D eigenvalue weighted by Gasteiger charge is -2.19. The molecule has 3 nitrogen and oxygen atoms in total. The highest BCUT2D eigenvalue weighted by Gasteiger charge is 2.41. The standard InChI is InChI=1S/C9H11BrF4N2OS/c10-5-1-2-18-7(5)6(16-15)3-17-4-9(13,14)8(11)12/h1-2,6,8,16H,3-4,15H2. The van der Waals surface area contributed by atoms with Crippen molar-refractivity contribution in [2.24, 2.45) is 5.84 Å². The Kier molecular flexibility index (Phi) is 5.99. The highest BCUT2D eigenvalue weighted by Crippen LogP contribution is 2.29. The molecule has 104 valence electrons. The first kappa shape index (κ1) is 15.8. The molecule has 0 aliphatic heterocycles. The molecule has 0 radical (unpaired) electrons.